The van der Waals surface area contributed by atoms with Gasteiger partial charge < -0.3 is 36.9 Å². The van der Waals surface area contributed by atoms with Crippen molar-refractivity contribution in [2.45, 2.75) is 64.2 Å². The van der Waals surface area contributed by atoms with Gasteiger partial charge in [0.25, 0.3) is 0 Å². The summed E-state index contributed by atoms with van der Waals surface area (Å²) < 4.78 is 0. The van der Waals surface area contributed by atoms with Crippen molar-refractivity contribution in [2.75, 3.05) is 0 Å². The highest BCUT2D eigenvalue weighted by Crippen LogP contribution is 2.18. The average Bonchev–Trinajstić information content (AvgIpc) is 3.23. The van der Waals surface area contributed by atoms with E-state index >= 15 is 0 Å². The highest BCUT2D eigenvalue weighted by Gasteiger charge is 2.32. The van der Waals surface area contributed by atoms with Crippen molar-refractivity contribution in [2.24, 2.45) is 11.7 Å². The molecule has 0 bridgehead atoms. The first-order valence-corrected chi connectivity index (χ1v) is 11.6. The van der Waals surface area contributed by atoms with Gasteiger partial charge in [-0.05, 0) is 30.9 Å². The van der Waals surface area contributed by atoms with Crippen molar-refractivity contribution in [1.29, 1.82) is 0 Å². The molecule has 3 amide bonds. The molecule has 8 N–H and O–H groups in total. The zero-order valence-electron chi connectivity index (χ0n) is 20.4. The number of aliphatic carboxylic acids is 2. The third-order valence-electron chi connectivity index (χ3n) is 5.99. The Bertz CT molecular complexity index is 1120. The van der Waals surface area contributed by atoms with Gasteiger partial charge in [-0.3, -0.25) is 19.2 Å². The molecule has 1 aromatic carbocycles. The number of benzene rings is 1. The fourth-order valence-corrected chi connectivity index (χ4v) is 3.63. The van der Waals surface area contributed by atoms with Crippen molar-refractivity contribution in [3.63, 3.8) is 0 Å². The van der Waals surface area contributed by atoms with E-state index in [-0.39, 0.29) is 6.42 Å². The van der Waals surface area contributed by atoms with E-state index in [1.807, 2.05) is 24.3 Å². The summed E-state index contributed by atoms with van der Waals surface area (Å²) in [4.78, 5) is 63.7. The lowest BCUT2D eigenvalue weighted by Crippen LogP contribution is -2.57. The van der Waals surface area contributed by atoms with Crippen LogP contribution in [-0.4, -0.2) is 69.0 Å². The first-order chi connectivity index (χ1) is 16.9. The van der Waals surface area contributed by atoms with Crippen LogP contribution in [0.5, 0.6) is 0 Å². The van der Waals surface area contributed by atoms with Crippen LogP contribution in [0.15, 0.2) is 30.5 Å². The van der Waals surface area contributed by atoms with Crippen LogP contribution in [0.1, 0.15) is 39.2 Å². The molecule has 0 spiro atoms. The van der Waals surface area contributed by atoms with Gasteiger partial charge in [-0.25, -0.2) is 4.79 Å². The molecule has 0 aliphatic heterocycles. The molecule has 0 fully saturated rings. The number of hydrogen-bond acceptors (Lipinski definition) is 6. The average molecular weight is 504 g/mol. The summed E-state index contributed by atoms with van der Waals surface area (Å²) in [6.45, 7) is 4.73. The Balaban J connectivity index is 2.01. The van der Waals surface area contributed by atoms with Gasteiger partial charge in [0, 0.05) is 17.1 Å². The normalized spacial score (nSPS) is 15.2. The zero-order chi connectivity index (χ0) is 27.0. The molecule has 0 aliphatic rings. The predicted molar refractivity (Wildman–Crippen MR) is 131 cm³/mol. The Labute approximate surface area is 208 Å². The number of carboxylic acids is 2. The number of carboxylic acid groups (broad SMARTS) is 2. The fraction of sp³-hybridized carbons (Fsp3) is 0.458. The molecule has 12 heteroatoms. The smallest absolute Gasteiger partial charge is 0.326 e. The molecule has 12 nitrogen and oxygen atoms in total. The fourth-order valence-electron chi connectivity index (χ4n) is 3.63. The van der Waals surface area contributed by atoms with Gasteiger partial charge in [-0.1, -0.05) is 38.5 Å². The first-order valence-electron chi connectivity index (χ1n) is 11.6. The molecule has 0 aliphatic carbocycles. The van der Waals surface area contributed by atoms with Crippen LogP contribution in [0.2, 0.25) is 0 Å². The standard InChI is InChI=1S/C24H33N5O7/c1-4-12(2)20(24(35)36)29-23(34)18(10-19(30)31)28-21(32)13(3)27-22(33)16(25)9-14-11-26-17-8-6-5-7-15(14)17/h5-8,11-13,16,18,20,26H,4,9-10,25H2,1-3H3,(H,27,33)(H,28,32)(H,29,34)(H,30,31)(H,35,36). The van der Waals surface area contributed by atoms with Crippen molar-refractivity contribution in [3.8, 4) is 0 Å². The Hall–Kier alpha value is -3.93. The monoisotopic (exact) mass is 503 g/mol. The lowest BCUT2D eigenvalue weighted by Gasteiger charge is -2.25. The Morgan fingerprint density at radius 3 is 2.25 bits per heavy atom. The number of para-hydroxylation sites is 1. The molecule has 1 aromatic heterocycles. The minimum atomic E-state index is -1.54. The van der Waals surface area contributed by atoms with Crippen molar-refractivity contribution in [1.82, 2.24) is 20.9 Å². The summed E-state index contributed by atoms with van der Waals surface area (Å²) in [6.07, 6.45) is 1.65. The van der Waals surface area contributed by atoms with Crippen molar-refractivity contribution in [3.05, 3.63) is 36.0 Å². The number of carbonyl (C=O) groups is 5. The molecule has 0 saturated heterocycles. The second-order valence-electron chi connectivity index (χ2n) is 8.77. The highest BCUT2D eigenvalue weighted by atomic mass is 16.4. The molecule has 2 aromatic rings. The van der Waals surface area contributed by atoms with Crippen LogP contribution in [0.4, 0.5) is 0 Å². The van der Waals surface area contributed by atoms with E-state index in [1.165, 1.54) is 6.92 Å². The topological polar surface area (TPSA) is 204 Å². The van der Waals surface area contributed by atoms with Crippen molar-refractivity contribution >= 4 is 40.6 Å². The van der Waals surface area contributed by atoms with Gasteiger partial charge in [-0.2, -0.15) is 0 Å². The number of aromatic nitrogens is 1. The van der Waals surface area contributed by atoms with Crippen LogP contribution >= 0.6 is 0 Å². The van der Waals surface area contributed by atoms with Gasteiger partial charge in [0.2, 0.25) is 17.7 Å². The molecular formula is C24H33N5O7. The Morgan fingerprint density at radius 1 is 0.972 bits per heavy atom. The van der Waals surface area contributed by atoms with E-state index in [0.29, 0.717) is 6.42 Å². The summed E-state index contributed by atoms with van der Waals surface area (Å²) in [7, 11) is 0. The van der Waals surface area contributed by atoms with Gasteiger partial charge in [0.05, 0.1) is 12.5 Å². The van der Waals surface area contributed by atoms with Gasteiger partial charge in [-0.15, -0.1) is 0 Å². The maximum atomic E-state index is 12.6. The number of H-pyrrole nitrogens is 1. The van der Waals surface area contributed by atoms with E-state index < -0.39 is 66.2 Å². The van der Waals surface area contributed by atoms with Gasteiger partial charge in [0.15, 0.2) is 0 Å². The summed E-state index contributed by atoms with van der Waals surface area (Å²) in [5, 5.41) is 26.5. The predicted octanol–water partition coefficient (Wildman–Crippen LogP) is 0.117. The number of hydrogen-bond donors (Lipinski definition) is 7. The molecule has 5 atom stereocenters. The maximum Gasteiger partial charge on any atom is 0.326 e. The van der Waals surface area contributed by atoms with E-state index in [4.69, 9.17) is 10.8 Å². The summed E-state index contributed by atoms with van der Waals surface area (Å²) in [5.41, 5.74) is 7.76. The van der Waals surface area contributed by atoms with Crippen LogP contribution in [0.3, 0.4) is 0 Å². The van der Waals surface area contributed by atoms with Crippen LogP contribution in [-0.2, 0) is 30.4 Å². The SMILES string of the molecule is CCC(C)C(NC(=O)C(CC(=O)O)NC(=O)C(C)NC(=O)C(N)Cc1c[nH]c2ccccc12)C(=O)O. The number of nitrogens with one attached hydrogen (secondary N) is 4. The Kier molecular flexibility index (Phi) is 9.97. The number of amides is 3. The largest absolute Gasteiger partial charge is 0.481 e. The number of carbonyl (C=O) groups excluding carboxylic acids is 3. The summed E-state index contributed by atoms with van der Waals surface area (Å²) in [6, 6.07) is 2.62. The second-order valence-corrected chi connectivity index (χ2v) is 8.77. The number of rotatable bonds is 13. The third kappa shape index (κ3) is 7.54. The molecule has 2 rings (SSSR count). The number of nitrogens with two attached hydrogens (primary N) is 1. The second kappa shape index (κ2) is 12.7. The van der Waals surface area contributed by atoms with E-state index in [9.17, 15) is 29.1 Å². The molecule has 196 valence electrons. The minimum Gasteiger partial charge on any atom is -0.481 e. The zero-order valence-corrected chi connectivity index (χ0v) is 20.4. The third-order valence-corrected chi connectivity index (χ3v) is 5.99. The van der Waals surface area contributed by atoms with Gasteiger partial charge in [0.1, 0.15) is 18.1 Å². The maximum absolute atomic E-state index is 12.6. The minimum absolute atomic E-state index is 0.209. The van der Waals surface area contributed by atoms with E-state index in [1.54, 1.807) is 20.0 Å². The van der Waals surface area contributed by atoms with Crippen LogP contribution < -0.4 is 21.7 Å². The molecule has 0 saturated carbocycles. The molecule has 5 unspecified atom stereocenters. The summed E-state index contributed by atoms with van der Waals surface area (Å²) in [5.74, 6) is -5.45. The van der Waals surface area contributed by atoms with Gasteiger partial charge >= 0.3 is 11.9 Å². The number of aromatic amines is 1. The quantitative estimate of drug-likeness (QED) is 0.199. The highest BCUT2D eigenvalue weighted by molar-refractivity contribution is 5.95. The lowest BCUT2D eigenvalue weighted by molar-refractivity contribution is -0.144. The number of fused-ring (bicyclic) bond motifs is 1. The lowest BCUT2D eigenvalue weighted by atomic mass is 9.98. The van der Waals surface area contributed by atoms with E-state index in [2.05, 4.69) is 20.9 Å². The first kappa shape index (κ1) is 28.3. The van der Waals surface area contributed by atoms with Crippen LogP contribution in [0.25, 0.3) is 10.9 Å². The van der Waals surface area contributed by atoms with Crippen LogP contribution in [0, 0.1) is 5.92 Å². The molecule has 0 radical (unpaired) electrons. The molecule has 1 heterocycles. The van der Waals surface area contributed by atoms with E-state index in [0.717, 1.165) is 16.5 Å². The molecular weight excluding hydrogens is 470 g/mol. The Morgan fingerprint density at radius 2 is 1.64 bits per heavy atom. The van der Waals surface area contributed by atoms with Crippen molar-refractivity contribution < 1.29 is 34.2 Å². The summed E-state index contributed by atoms with van der Waals surface area (Å²) >= 11 is 0. The molecule has 36 heavy (non-hydrogen) atoms.